The molecule has 1 N–H and O–H groups in total. The molecular weight excluding hydrogens is 362 g/mol. The van der Waals surface area contributed by atoms with Crippen LogP contribution >= 0.6 is 23.5 Å². The maximum atomic E-state index is 12.3. The topological polar surface area (TPSA) is 46.9 Å². The average Bonchev–Trinajstić information content (AvgIpc) is 3.13. The Labute approximate surface area is 162 Å². The van der Waals surface area contributed by atoms with E-state index in [1.165, 1.54) is 10.5 Å². The van der Waals surface area contributed by atoms with Crippen LogP contribution in [0.5, 0.6) is 0 Å². The van der Waals surface area contributed by atoms with Crippen molar-refractivity contribution in [2.45, 2.75) is 28.7 Å². The number of aromatic nitrogens is 2. The highest BCUT2D eigenvalue weighted by atomic mass is 32.2. The molecule has 0 aliphatic rings. The van der Waals surface area contributed by atoms with Gasteiger partial charge in [-0.1, -0.05) is 48.5 Å². The average molecular weight is 384 g/mol. The van der Waals surface area contributed by atoms with Gasteiger partial charge in [-0.2, -0.15) is 5.10 Å². The Balaban J connectivity index is 1.46. The van der Waals surface area contributed by atoms with Crippen LogP contribution < -0.4 is 5.32 Å². The van der Waals surface area contributed by atoms with E-state index in [9.17, 15) is 4.79 Å². The summed E-state index contributed by atoms with van der Waals surface area (Å²) in [5.74, 6) is 1.53. The molecule has 1 unspecified atom stereocenters. The fourth-order valence-electron chi connectivity index (χ4n) is 2.27. The van der Waals surface area contributed by atoms with Crippen molar-refractivity contribution in [1.29, 1.82) is 0 Å². The minimum absolute atomic E-state index is 0.00111. The number of benzene rings is 2. The lowest BCUT2D eigenvalue weighted by atomic mass is 10.2. The van der Waals surface area contributed by atoms with Crippen LogP contribution in [0.4, 0.5) is 5.69 Å². The van der Waals surface area contributed by atoms with E-state index in [1.807, 2.05) is 54.2 Å². The molecule has 1 heterocycles. The van der Waals surface area contributed by atoms with Crippen molar-refractivity contribution in [2.75, 3.05) is 5.32 Å². The summed E-state index contributed by atoms with van der Waals surface area (Å²) in [4.78, 5) is 13.5. The zero-order valence-corrected chi connectivity index (χ0v) is 16.2. The number of nitrogens with zero attached hydrogens (tertiary/aromatic N) is 2. The smallest absolute Gasteiger partial charge is 0.237 e. The number of amides is 1. The van der Waals surface area contributed by atoms with Crippen LogP contribution in [0.1, 0.15) is 12.5 Å². The zero-order valence-electron chi connectivity index (χ0n) is 14.5. The highest BCUT2D eigenvalue weighted by Crippen LogP contribution is 2.21. The van der Waals surface area contributed by atoms with Crippen molar-refractivity contribution in [3.8, 4) is 0 Å². The fraction of sp³-hybridized carbons (Fsp3) is 0.200. The third kappa shape index (κ3) is 5.68. The molecule has 3 rings (SSSR count). The maximum absolute atomic E-state index is 12.3. The van der Waals surface area contributed by atoms with Crippen molar-refractivity contribution >= 4 is 35.1 Å². The highest BCUT2D eigenvalue weighted by molar-refractivity contribution is 7.99. The van der Waals surface area contributed by atoms with Crippen molar-refractivity contribution in [1.82, 2.24) is 9.78 Å². The second-order valence-corrected chi connectivity index (χ2v) is 8.13. The van der Waals surface area contributed by atoms with Crippen molar-refractivity contribution in [3.05, 3.63) is 78.6 Å². The summed E-state index contributed by atoms with van der Waals surface area (Å²) in [5.41, 5.74) is 1.96. The number of hydrogen-bond acceptors (Lipinski definition) is 4. The maximum Gasteiger partial charge on any atom is 0.237 e. The Morgan fingerprint density at radius 1 is 1.12 bits per heavy atom. The molecule has 0 bridgehead atoms. The van der Waals surface area contributed by atoms with Crippen LogP contribution in [-0.2, 0) is 16.4 Å². The Kier molecular flexibility index (Phi) is 6.80. The van der Waals surface area contributed by atoms with E-state index in [2.05, 4.69) is 34.7 Å². The monoisotopic (exact) mass is 383 g/mol. The molecule has 26 heavy (non-hydrogen) atoms. The first kappa shape index (κ1) is 18.6. The molecule has 0 radical (unpaired) electrons. The molecule has 6 heteroatoms. The molecule has 0 aliphatic heterocycles. The zero-order chi connectivity index (χ0) is 18.2. The number of thioether (sulfide) groups is 2. The van der Waals surface area contributed by atoms with Gasteiger partial charge in [0.1, 0.15) is 0 Å². The summed E-state index contributed by atoms with van der Waals surface area (Å²) in [6.45, 7) is 1.93. The summed E-state index contributed by atoms with van der Waals surface area (Å²) >= 11 is 3.33. The van der Waals surface area contributed by atoms with Gasteiger partial charge in [0, 0.05) is 16.8 Å². The molecule has 0 saturated heterocycles. The van der Waals surface area contributed by atoms with E-state index < -0.39 is 0 Å². The number of anilines is 1. The van der Waals surface area contributed by atoms with Crippen molar-refractivity contribution in [3.63, 3.8) is 0 Å². The van der Waals surface area contributed by atoms with Gasteiger partial charge >= 0.3 is 0 Å². The van der Waals surface area contributed by atoms with Gasteiger partial charge in [0.2, 0.25) is 5.91 Å². The molecule has 0 spiro atoms. The van der Waals surface area contributed by atoms with E-state index in [0.29, 0.717) is 5.88 Å². The summed E-state index contributed by atoms with van der Waals surface area (Å²) in [7, 11) is 0. The number of rotatable bonds is 8. The molecule has 4 nitrogen and oxygen atoms in total. The predicted molar refractivity (Wildman–Crippen MR) is 110 cm³/mol. The Hall–Kier alpha value is -2.18. The van der Waals surface area contributed by atoms with Gasteiger partial charge in [-0.15, -0.1) is 23.5 Å². The Morgan fingerprint density at radius 3 is 2.54 bits per heavy atom. The predicted octanol–water partition coefficient (Wildman–Crippen LogP) is 4.89. The van der Waals surface area contributed by atoms with Crippen molar-refractivity contribution < 1.29 is 4.79 Å². The van der Waals surface area contributed by atoms with Gasteiger partial charge in [-0.25, -0.2) is 0 Å². The van der Waals surface area contributed by atoms with Gasteiger partial charge in [-0.05, 0) is 24.6 Å². The van der Waals surface area contributed by atoms with Gasteiger partial charge in [0.25, 0.3) is 0 Å². The third-order valence-electron chi connectivity index (χ3n) is 3.72. The first-order chi connectivity index (χ1) is 12.7. The second-order valence-electron chi connectivity index (χ2n) is 5.78. The quantitative estimate of drug-likeness (QED) is 0.563. The van der Waals surface area contributed by atoms with Crippen LogP contribution in [0, 0.1) is 0 Å². The number of carbonyl (C=O) groups is 1. The van der Waals surface area contributed by atoms with Crippen LogP contribution in [0.2, 0.25) is 0 Å². The largest absolute Gasteiger partial charge is 0.322 e. The van der Waals surface area contributed by atoms with Crippen molar-refractivity contribution in [2.24, 2.45) is 0 Å². The number of nitrogens with one attached hydrogen (secondary N) is 1. The van der Waals surface area contributed by atoms with Crippen LogP contribution in [0.3, 0.4) is 0 Å². The first-order valence-electron chi connectivity index (χ1n) is 8.37. The summed E-state index contributed by atoms with van der Waals surface area (Å²) in [5, 5.41) is 7.13. The van der Waals surface area contributed by atoms with Gasteiger partial charge < -0.3 is 5.32 Å². The van der Waals surface area contributed by atoms with Crippen LogP contribution in [0.15, 0.2) is 78.0 Å². The van der Waals surface area contributed by atoms with E-state index >= 15 is 0 Å². The fourth-order valence-corrected chi connectivity index (χ4v) is 3.89. The normalized spacial score (nSPS) is 11.9. The molecule has 1 aromatic heterocycles. The summed E-state index contributed by atoms with van der Waals surface area (Å²) in [6, 6.07) is 20.4. The van der Waals surface area contributed by atoms with Crippen LogP contribution in [-0.4, -0.2) is 20.9 Å². The molecule has 2 aromatic carbocycles. The van der Waals surface area contributed by atoms with E-state index in [1.54, 1.807) is 29.7 Å². The van der Waals surface area contributed by atoms with Gasteiger partial charge in [-0.3, -0.25) is 9.48 Å². The first-order valence-corrected chi connectivity index (χ1v) is 10.4. The van der Waals surface area contributed by atoms with E-state index in [4.69, 9.17) is 0 Å². The standard InChI is InChI=1S/C20H21N3OS2/c1-16(25-14-17-8-4-2-5-9-17)20(24)22-18-12-21-23(13-18)15-26-19-10-6-3-7-11-19/h2-13,16H,14-15H2,1H3,(H,22,24). The Morgan fingerprint density at radius 2 is 1.81 bits per heavy atom. The molecule has 3 aromatic rings. The van der Waals surface area contributed by atoms with Gasteiger partial charge in [0.05, 0.1) is 23.0 Å². The lowest BCUT2D eigenvalue weighted by molar-refractivity contribution is -0.115. The number of carbonyl (C=O) groups excluding carboxylic acids is 1. The lowest BCUT2D eigenvalue weighted by Crippen LogP contribution is -2.22. The molecule has 0 aliphatic carbocycles. The molecule has 1 atom stereocenters. The van der Waals surface area contributed by atoms with E-state index in [0.717, 1.165) is 11.4 Å². The molecule has 1 amide bonds. The van der Waals surface area contributed by atoms with E-state index in [-0.39, 0.29) is 11.2 Å². The summed E-state index contributed by atoms with van der Waals surface area (Å²) in [6.07, 6.45) is 3.56. The molecule has 0 fully saturated rings. The third-order valence-corrected chi connectivity index (χ3v) is 5.93. The highest BCUT2D eigenvalue weighted by Gasteiger charge is 2.14. The van der Waals surface area contributed by atoms with Crippen LogP contribution in [0.25, 0.3) is 0 Å². The lowest BCUT2D eigenvalue weighted by Gasteiger charge is -2.10. The second kappa shape index (κ2) is 9.50. The minimum atomic E-state index is -0.128. The molecule has 134 valence electrons. The molecular formula is C20H21N3OS2. The summed E-state index contributed by atoms with van der Waals surface area (Å²) < 4.78 is 1.83. The SMILES string of the molecule is CC(SCc1ccccc1)C(=O)Nc1cnn(CSc2ccccc2)c1. The Bertz CT molecular complexity index is 821. The van der Waals surface area contributed by atoms with Gasteiger partial charge in [0.15, 0.2) is 0 Å². The minimum Gasteiger partial charge on any atom is -0.322 e. The number of hydrogen-bond donors (Lipinski definition) is 1. The molecule has 0 saturated carbocycles.